The molecule has 2 rings (SSSR count). The highest BCUT2D eigenvalue weighted by molar-refractivity contribution is 5.83. The Hall–Kier alpha value is -1.52. The van der Waals surface area contributed by atoms with Gasteiger partial charge < -0.3 is 4.74 Å². The summed E-state index contributed by atoms with van der Waals surface area (Å²) in [6, 6.07) is 1.92. The van der Waals surface area contributed by atoms with Crippen molar-refractivity contribution < 1.29 is 9.53 Å². The summed E-state index contributed by atoms with van der Waals surface area (Å²) in [5.41, 5.74) is 0.689. The molecule has 1 aliphatic rings. The van der Waals surface area contributed by atoms with Crippen molar-refractivity contribution in [1.29, 1.82) is 0 Å². The number of anilines is 1. The molecule has 0 spiro atoms. The molecule has 17 heavy (non-hydrogen) atoms. The first kappa shape index (κ1) is 12.0. The molecule has 0 radical (unpaired) electrons. The number of hydrogen-bond acceptors (Lipinski definition) is 3. The number of nitrogens with zero attached hydrogens (tertiary/aromatic N) is 2. The van der Waals surface area contributed by atoms with Gasteiger partial charge >= 0.3 is 6.09 Å². The van der Waals surface area contributed by atoms with Crippen molar-refractivity contribution in [2.24, 2.45) is 7.05 Å². The van der Waals surface area contributed by atoms with Gasteiger partial charge in [0, 0.05) is 24.7 Å². The van der Waals surface area contributed by atoms with Crippen molar-refractivity contribution >= 4 is 11.9 Å². The Morgan fingerprint density at radius 2 is 2.18 bits per heavy atom. The average Bonchev–Trinajstić information content (AvgIpc) is 2.89. The standard InChI is InChI=1S/C12H19N3O2/c1-12(2,3)17-11(16)13-10-7-9(8-5-6-8)15(4)14-10/h7-8H,5-6H2,1-4H3,(H,13,14,16). The van der Waals surface area contributed by atoms with E-state index in [-0.39, 0.29) is 0 Å². The summed E-state index contributed by atoms with van der Waals surface area (Å²) in [5, 5.41) is 6.90. The quantitative estimate of drug-likeness (QED) is 0.860. The summed E-state index contributed by atoms with van der Waals surface area (Å²) in [4.78, 5) is 11.6. The van der Waals surface area contributed by atoms with Gasteiger partial charge in [0.1, 0.15) is 5.60 Å². The molecule has 0 aliphatic heterocycles. The van der Waals surface area contributed by atoms with E-state index in [1.807, 2.05) is 38.6 Å². The highest BCUT2D eigenvalue weighted by Crippen LogP contribution is 2.40. The number of ether oxygens (including phenoxy) is 1. The number of aryl methyl sites for hydroxylation is 1. The highest BCUT2D eigenvalue weighted by atomic mass is 16.6. The highest BCUT2D eigenvalue weighted by Gasteiger charge is 2.27. The number of aromatic nitrogens is 2. The monoisotopic (exact) mass is 237 g/mol. The van der Waals surface area contributed by atoms with Gasteiger partial charge in [0.2, 0.25) is 0 Å². The second-order valence-corrected chi connectivity index (χ2v) is 5.48. The average molecular weight is 237 g/mol. The first-order valence-corrected chi connectivity index (χ1v) is 5.89. The fraction of sp³-hybridized carbons (Fsp3) is 0.667. The Labute approximate surface area is 101 Å². The van der Waals surface area contributed by atoms with E-state index >= 15 is 0 Å². The minimum absolute atomic E-state index is 0.460. The van der Waals surface area contributed by atoms with Crippen molar-refractivity contribution in [3.8, 4) is 0 Å². The number of amides is 1. The fourth-order valence-corrected chi connectivity index (χ4v) is 1.71. The molecule has 0 unspecified atom stereocenters. The summed E-state index contributed by atoms with van der Waals surface area (Å²) in [6.07, 6.45) is 1.97. The molecule has 1 aromatic heterocycles. The number of carbonyl (C=O) groups excluding carboxylic acids is 1. The first-order valence-electron chi connectivity index (χ1n) is 5.89. The Bertz CT molecular complexity index is 427. The van der Waals surface area contributed by atoms with Crippen LogP contribution >= 0.6 is 0 Å². The second kappa shape index (κ2) is 4.05. The molecule has 1 heterocycles. The van der Waals surface area contributed by atoms with Crippen LogP contribution in [0.1, 0.15) is 45.2 Å². The van der Waals surface area contributed by atoms with Crippen LogP contribution in [-0.2, 0) is 11.8 Å². The molecule has 0 aromatic carbocycles. The molecule has 0 bridgehead atoms. The van der Waals surface area contributed by atoms with E-state index in [2.05, 4.69) is 10.4 Å². The van der Waals surface area contributed by atoms with Crippen LogP contribution in [-0.4, -0.2) is 21.5 Å². The van der Waals surface area contributed by atoms with Crippen LogP contribution in [0.4, 0.5) is 10.6 Å². The molecule has 1 N–H and O–H groups in total. The van der Waals surface area contributed by atoms with Crippen molar-refractivity contribution in [1.82, 2.24) is 9.78 Å². The van der Waals surface area contributed by atoms with Gasteiger partial charge in [-0.05, 0) is 33.6 Å². The summed E-state index contributed by atoms with van der Waals surface area (Å²) in [7, 11) is 1.90. The third-order valence-corrected chi connectivity index (χ3v) is 2.54. The van der Waals surface area contributed by atoms with Crippen molar-refractivity contribution in [2.75, 3.05) is 5.32 Å². The molecule has 5 heteroatoms. The molecule has 0 atom stereocenters. The zero-order valence-electron chi connectivity index (χ0n) is 10.8. The van der Waals surface area contributed by atoms with Gasteiger partial charge in [-0.15, -0.1) is 0 Å². The summed E-state index contributed by atoms with van der Waals surface area (Å²) in [6.45, 7) is 5.50. The molecule has 1 amide bonds. The van der Waals surface area contributed by atoms with Crippen LogP contribution in [0.25, 0.3) is 0 Å². The molecular formula is C12H19N3O2. The smallest absolute Gasteiger partial charge is 0.413 e. The molecule has 0 saturated heterocycles. The van der Waals surface area contributed by atoms with Crippen molar-refractivity contribution in [3.05, 3.63) is 11.8 Å². The van der Waals surface area contributed by atoms with Crippen molar-refractivity contribution in [2.45, 2.75) is 45.1 Å². The minimum atomic E-state index is -0.488. The van der Waals surface area contributed by atoms with E-state index in [1.54, 1.807) is 0 Å². The van der Waals surface area contributed by atoms with E-state index < -0.39 is 11.7 Å². The van der Waals surface area contributed by atoms with E-state index in [9.17, 15) is 4.79 Å². The lowest BCUT2D eigenvalue weighted by Gasteiger charge is -2.18. The van der Waals surface area contributed by atoms with Crippen LogP contribution in [0.5, 0.6) is 0 Å². The lowest BCUT2D eigenvalue weighted by Crippen LogP contribution is -2.27. The Morgan fingerprint density at radius 3 is 2.71 bits per heavy atom. The topological polar surface area (TPSA) is 56.2 Å². The predicted molar refractivity (Wildman–Crippen MR) is 65.0 cm³/mol. The summed E-state index contributed by atoms with van der Waals surface area (Å²) < 4.78 is 6.99. The van der Waals surface area contributed by atoms with Gasteiger partial charge in [-0.25, -0.2) is 4.79 Å². The lowest BCUT2D eigenvalue weighted by atomic mass is 10.2. The molecule has 94 valence electrons. The van der Waals surface area contributed by atoms with Crippen molar-refractivity contribution in [3.63, 3.8) is 0 Å². The fourth-order valence-electron chi connectivity index (χ4n) is 1.71. The van der Waals surface area contributed by atoms with Crippen LogP contribution in [0.3, 0.4) is 0 Å². The third-order valence-electron chi connectivity index (χ3n) is 2.54. The van der Waals surface area contributed by atoms with Crippen LogP contribution in [0.15, 0.2) is 6.07 Å². The second-order valence-electron chi connectivity index (χ2n) is 5.48. The van der Waals surface area contributed by atoms with Crippen LogP contribution in [0.2, 0.25) is 0 Å². The molecular weight excluding hydrogens is 218 g/mol. The minimum Gasteiger partial charge on any atom is -0.444 e. The molecule has 1 aliphatic carbocycles. The van der Waals surface area contributed by atoms with E-state index in [0.717, 1.165) is 0 Å². The predicted octanol–water partition coefficient (Wildman–Crippen LogP) is 2.64. The van der Waals surface area contributed by atoms with E-state index in [1.165, 1.54) is 18.5 Å². The van der Waals surface area contributed by atoms with E-state index in [0.29, 0.717) is 11.7 Å². The largest absolute Gasteiger partial charge is 0.444 e. The number of hydrogen-bond donors (Lipinski definition) is 1. The Morgan fingerprint density at radius 1 is 1.53 bits per heavy atom. The maximum absolute atomic E-state index is 11.6. The summed E-state index contributed by atoms with van der Waals surface area (Å²) >= 11 is 0. The van der Waals surface area contributed by atoms with Gasteiger partial charge in [0.15, 0.2) is 5.82 Å². The van der Waals surface area contributed by atoms with Gasteiger partial charge in [-0.3, -0.25) is 10.00 Å². The van der Waals surface area contributed by atoms with Crippen LogP contribution < -0.4 is 5.32 Å². The molecule has 1 aromatic rings. The van der Waals surface area contributed by atoms with Gasteiger partial charge in [0.05, 0.1) is 0 Å². The molecule has 5 nitrogen and oxygen atoms in total. The number of carbonyl (C=O) groups is 1. The first-order chi connectivity index (χ1) is 7.85. The lowest BCUT2D eigenvalue weighted by molar-refractivity contribution is 0.0635. The van der Waals surface area contributed by atoms with Gasteiger partial charge in [0.25, 0.3) is 0 Å². The number of rotatable bonds is 2. The van der Waals surface area contributed by atoms with E-state index in [4.69, 9.17) is 4.74 Å². The maximum Gasteiger partial charge on any atom is 0.413 e. The molecule has 1 fully saturated rings. The van der Waals surface area contributed by atoms with Gasteiger partial charge in [-0.1, -0.05) is 0 Å². The van der Waals surface area contributed by atoms with Crippen LogP contribution in [0, 0.1) is 0 Å². The van der Waals surface area contributed by atoms with Gasteiger partial charge in [-0.2, -0.15) is 5.10 Å². The molecule has 1 saturated carbocycles. The maximum atomic E-state index is 11.6. The Balaban J connectivity index is 1.99. The normalized spacial score (nSPS) is 15.8. The summed E-state index contributed by atoms with van der Waals surface area (Å²) in [5.74, 6) is 1.17. The SMILES string of the molecule is Cn1nc(NC(=O)OC(C)(C)C)cc1C1CC1. The zero-order valence-corrected chi connectivity index (χ0v) is 10.8. The number of nitrogens with one attached hydrogen (secondary N) is 1. The Kier molecular flexibility index (Phi) is 2.85. The third kappa shape index (κ3) is 3.22. The zero-order chi connectivity index (χ0) is 12.6.